The smallest absolute Gasteiger partial charge is 0.249 e. The van der Waals surface area contributed by atoms with Crippen molar-refractivity contribution in [2.24, 2.45) is 0 Å². The zero-order valence-corrected chi connectivity index (χ0v) is 14.3. The number of halogens is 2. The highest BCUT2D eigenvalue weighted by molar-refractivity contribution is 8.01. The summed E-state index contributed by atoms with van der Waals surface area (Å²) in [4.78, 5) is 30.0. The number of carbonyl (C=O) groups is 2. The Hall–Kier alpha value is -1.74. The van der Waals surface area contributed by atoms with Crippen LogP contribution in [0.25, 0.3) is 10.2 Å². The fourth-order valence-electron chi connectivity index (χ4n) is 3.21. The Balaban J connectivity index is 1.59. The standard InChI is InChI=1S/C15H13F2N3O2S2/c1-15-3-2-11(21)20(15)9(6-23-15)13(22)19-14-18-12-8(17)4-7(16)5-10(12)24-14/h4-5,9H,2-3,6H2,1H3,(H,18,19,22)/t9-,15-/m0/s1. The third-order valence-electron chi connectivity index (χ3n) is 4.39. The first kappa shape index (κ1) is 15.8. The Morgan fingerprint density at radius 3 is 3.04 bits per heavy atom. The van der Waals surface area contributed by atoms with Crippen LogP contribution in [-0.2, 0) is 9.59 Å². The molecule has 3 heterocycles. The lowest BCUT2D eigenvalue weighted by Gasteiger charge is -2.29. The number of aromatic nitrogens is 1. The van der Waals surface area contributed by atoms with Crippen molar-refractivity contribution in [3.8, 4) is 0 Å². The molecule has 2 aliphatic rings. The molecule has 126 valence electrons. The summed E-state index contributed by atoms with van der Waals surface area (Å²) in [6.07, 6.45) is 1.17. The van der Waals surface area contributed by atoms with Gasteiger partial charge in [0.1, 0.15) is 17.4 Å². The number of thiazole rings is 1. The highest BCUT2D eigenvalue weighted by Gasteiger charge is 2.52. The summed E-state index contributed by atoms with van der Waals surface area (Å²) in [6, 6.07) is 1.37. The van der Waals surface area contributed by atoms with Gasteiger partial charge in [-0.05, 0) is 19.4 Å². The van der Waals surface area contributed by atoms with Gasteiger partial charge >= 0.3 is 0 Å². The zero-order chi connectivity index (χ0) is 17.1. The number of rotatable bonds is 2. The number of fused-ring (bicyclic) bond motifs is 2. The molecule has 0 bridgehead atoms. The van der Waals surface area contributed by atoms with Gasteiger partial charge in [0.25, 0.3) is 0 Å². The SMILES string of the molecule is C[C@]12CCC(=O)N1[C@H](C(=O)Nc1nc3c(F)cc(F)cc3s1)CS2. The van der Waals surface area contributed by atoms with Gasteiger partial charge in [0, 0.05) is 18.2 Å². The maximum Gasteiger partial charge on any atom is 0.249 e. The van der Waals surface area contributed by atoms with Crippen LogP contribution < -0.4 is 5.32 Å². The van der Waals surface area contributed by atoms with Crippen molar-refractivity contribution in [3.05, 3.63) is 23.8 Å². The summed E-state index contributed by atoms with van der Waals surface area (Å²) in [5.74, 6) is -1.31. The summed E-state index contributed by atoms with van der Waals surface area (Å²) in [5.41, 5.74) is 0.0274. The maximum atomic E-state index is 13.7. The van der Waals surface area contributed by atoms with Crippen molar-refractivity contribution < 1.29 is 18.4 Å². The van der Waals surface area contributed by atoms with E-state index in [0.717, 1.165) is 23.8 Å². The molecular formula is C15H13F2N3O2S2. The van der Waals surface area contributed by atoms with Crippen LogP contribution in [-0.4, -0.2) is 38.4 Å². The Morgan fingerprint density at radius 2 is 2.25 bits per heavy atom. The van der Waals surface area contributed by atoms with Crippen molar-refractivity contribution in [1.82, 2.24) is 9.88 Å². The molecule has 0 unspecified atom stereocenters. The van der Waals surface area contributed by atoms with Crippen LogP contribution in [0.2, 0.25) is 0 Å². The first-order valence-electron chi connectivity index (χ1n) is 7.40. The van der Waals surface area contributed by atoms with Crippen molar-refractivity contribution in [3.63, 3.8) is 0 Å². The maximum absolute atomic E-state index is 13.7. The number of nitrogens with one attached hydrogen (secondary N) is 1. The van der Waals surface area contributed by atoms with Crippen LogP contribution >= 0.6 is 23.1 Å². The highest BCUT2D eigenvalue weighted by Crippen LogP contribution is 2.47. The van der Waals surface area contributed by atoms with Crippen LogP contribution in [0.1, 0.15) is 19.8 Å². The molecule has 0 aliphatic carbocycles. The predicted octanol–water partition coefficient (Wildman–Crippen LogP) is 2.97. The van der Waals surface area contributed by atoms with Gasteiger partial charge in [-0.25, -0.2) is 13.8 Å². The molecular weight excluding hydrogens is 356 g/mol. The number of nitrogens with zero attached hydrogens (tertiary/aromatic N) is 2. The molecule has 0 saturated carbocycles. The molecule has 4 rings (SSSR count). The second-order valence-corrected chi connectivity index (χ2v) is 8.54. The quantitative estimate of drug-likeness (QED) is 0.884. The second kappa shape index (κ2) is 5.38. The average Bonchev–Trinajstić information content (AvgIpc) is 3.13. The van der Waals surface area contributed by atoms with E-state index in [4.69, 9.17) is 0 Å². The molecule has 2 amide bonds. The van der Waals surface area contributed by atoms with Gasteiger partial charge in [0.05, 0.1) is 9.57 Å². The molecule has 5 nitrogen and oxygen atoms in total. The van der Waals surface area contributed by atoms with E-state index in [9.17, 15) is 18.4 Å². The summed E-state index contributed by atoms with van der Waals surface area (Å²) in [5, 5.41) is 2.84. The number of amides is 2. The molecule has 1 N–H and O–H groups in total. The summed E-state index contributed by atoms with van der Waals surface area (Å²) < 4.78 is 27.3. The minimum absolute atomic E-state index is 0.0274. The van der Waals surface area contributed by atoms with Gasteiger partial charge in [0.15, 0.2) is 10.9 Å². The summed E-state index contributed by atoms with van der Waals surface area (Å²) in [6.45, 7) is 1.96. The van der Waals surface area contributed by atoms with Crippen molar-refractivity contribution >= 4 is 50.3 Å². The van der Waals surface area contributed by atoms with E-state index in [-0.39, 0.29) is 27.3 Å². The fraction of sp³-hybridized carbons (Fsp3) is 0.400. The average molecular weight is 369 g/mol. The number of carbonyl (C=O) groups excluding carboxylic acids is 2. The zero-order valence-electron chi connectivity index (χ0n) is 12.6. The molecule has 2 aliphatic heterocycles. The second-order valence-electron chi connectivity index (χ2n) is 6.01. The Labute approximate surface area is 144 Å². The van der Waals surface area contributed by atoms with Crippen LogP contribution in [0.4, 0.5) is 13.9 Å². The van der Waals surface area contributed by atoms with Gasteiger partial charge < -0.3 is 10.2 Å². The van der Waals surface area contributed by atoms with E-state index in [1.807, 2.05) is 6.92 Å². The minimum atomic E-state index is -0.763. The lowest BCUT2D eigenvalue weighted by molar-refractivity contribution is -0.135. The summed E-state index contributed by atoms with van der Waals surface area (Å²) in [7, 11) is 0. The van der Waals surface area contributed by atoms with Crippen LogP contribution in [0.3, 0.4) is 0 Å². The fourth-order valence-corrected chi connectivity index (χ4v) is 5.55. The molecule has 1 aromatic heterocycles. The van der Waals surface area contributed by atoms with Crippen molar-refractivity contribution in [2.45, 2.75) is 30.7 Å². The van der Waals surface area contributed by atoms with Crippen LogP contribution in [0.15, 0.2) is 12.1 Å². The van der Waals surface area contributed by atoms with Gasteiger partial charge in [-0.1, -0.05) is 11.3 Å². The lowest BCUT2D eigenvalue weighted by Crippen LogP contribution is -2.48. The van der Waals surface area contributed by atoms with E-state index in [1.54, 1.807) is 16.7 Å². The van der Waals surface area contributed by atoms with E-state index < -0.39 is 17.7 Å². The number of benzene rings is 1. The van der Waals surface area contributed by atoms with E-state index in [0.29, 0.717) is 16.9 Å². The molecule has 0 spiro atoms. The number of anilines is 1. The van der Waals surface area contributed by atoms with Gasteiger partial charge in [-0.3, -0.25) is 9.59 Å². The number of thioether (sulfide) groups is 1. The van der Waals surface area contributed by atoms with E-state index >= 15 is 0 Å². The van der Waals surface area contributed by atoms with Crippen molar-refractivity contribution in [2.75, 3.05) is 11.1 Å². The Morgan fingerprint density at radius 1 is 1.46 bits per heavy atom. The largest absolute Gasteiger partial charge is 0.315 e. The number of hydrogen-bond donors (Lipinski definition) is 1. The molecule has 9 heteroatoms. The molecule has 1 aromatic carbocycles. The first-order valence-corrected chi connectivity index (χ1v) is 9.20. The van der Waals surface area contributed by atoms with Crippen molar-refractivity contribution in [1.29, 1.82) is 0 Å². The normalized spacial score (nSPS) is 26.2. The third-order valence-corrected chi connectivity index (χ3v) is 6.81. The summed E-state index contributed by atoms with van der Waals surface area (Å²) >= 11 is 2.60. The van der Waals surface area contributed by atoms with E-state index in [2.05, 4.69) is 10.3 Å². The lowest BCUT2D eigenvalue weighted by atomic mass is 10.2. The Kier molecular flexibility index (Phi) is 3.54. The molecule has 0 radical (unpaired) electrons. The van der Waals surface area contributed by atoms with Gasteiger partial charge in [0.2, 0.25) is 11.8 Å². The molecule has 2 saturated heterocycles. The predicted molar refractivity (Wildman–Crippen MR) is 88.9 cm³/mol. The molecule has 2 fully saturated rings. The monoisotopic (exact) mass is 369 g/mol. The minimum Gasteiger partial charge on any atom is -0.315 e. The number of hydrogen-bond acceptors (Lipinski definition) is 5. The molecule has 24 heavy (non-hydrogen) atoms. The molecule has 2 atom stereocenters. The van der Waals surface area contributed by atoms with Crippen LogP contribution in [0, 0.1) is 11.6 Å². The highest BCUT2D eigenvalue weighted by atomic mass is 32.2. The van der Waals surface area contributed by atoms with Crippen LogP contribution in [0.5, 0.6) is 0 Å². The Bertz CT molecular complexity index is 872. The molecule has 2 aromatic rings. The first-order chi connectivity index (χ1) is 11.4. The van der Waals surface area contributed by atoms with Gasteiger partial charge in [-0.2, -0.15) is 0 Å². The van der Waals surface area contributed by atoms with Gasteiger partial charge in [-0.15, -0.1) is 11.8 Å². The van der Waals surface area contributed by atoms with E-state index in [1.165, 1.54) is 6.07 Å². The third kappa shape index (κ3) is 2.37. The topological polar surface area (TPSA) is 62.3 Å².